The molecule has 0 saturated carbocycles. The monoisotopic (exact) mass is 324 g/mol. The van der Waals surface area contributed by atoms with E-state index in [1.807, 2.05) is 6.92 Å². The zero-order valence-electron chi connectivity index (χ0n) is 13.6. The summed E-state index contributed by atoms with van der Waals surface area (Å²) in [7, 11) is 0. The molecule has 1 rings (SSSR count). The van der Waals surface area contributed by atoms with E-state index < -0.39 is 6.10 Å². The van der Waals surface area contributed by atoms with Crippen molar-refractivity contribution in [1.29, 1.82) is 0 Å². The Morgan fingerprint density at radius 3 is 2.86 bits per heavy atom. The second-order valence-corrected chi connectivity index (χ2v) is 5.74. The van der Waals surface area contributed by atoms with Crippen molar-refractivity contribution in [3.8, 4) is 5.75 Å². The number of ether oxygens (including phenoxy) is 1. The van der Waals surface area contributed by atoms with E-state index in [-0.39, 0.29) is 5.91 Å². The van der Waals surface area contributed by atoms with Crippen LogP contribution in [0.4, 0.5) is 0 Å². The Balaban J connectivity index is 2.34. The minimum absolute atomic E-state index is 0.265. The summed E-state index contributed by atoms with van der Waals surface area (Å²) in [5.41, 5.74) is 3.40. The van der Waals surface area contributed by atoms with Crippen LogP contribution in [0.1, 0.15) is 51.5 Å². The maximum Gasteiger partial charge on any atom is 0.280 e. The molecule has 0 aliphatic rings. The van der Waals surface area contributed by atoms with Crippen LogP contribution < -0.4 is 10.2 Å². The molecule has 4 nitrogen and oxygen atoms in total. The number of nitrogens with one attached hydrogen (secondary N) is 1. The maximum absolute atomic E-state index is 11.9. The molecule has 1 N–H and O–H groups in total. The predicted molar refractivity (Wildman–Crippen MR) is 91.7 cm³/mol. The van der Waals surface area contributed by atoms with Crippen molar-refractivity contribution < 1.29 is 9.53 Å². The first-order valence-electron chi connectivity index (χ1n) is 7.78. The van der Waals surface area contributed by atoms with Gasteiger partial charge >= 0.3 is 0 Å². The number of hydrazone groups is 1. The Hall–Kier alpha value is -1.55. The zero-order valence-corrected chi connectivity index (χ0v) is 14.3. The SMILES string of the molecule is CCCCCC/C=N/NC(=O)C(C)Oc1ccc(Cl)cc1C. The molecular weight excluding hydrogens is 300 g/mol. The van der Waals surface area contributed by atoms with E-state index in [0.717, 1.165) is 18.4 Å². The summed E-state index contributed by atoms with van der Waals surface area (Å²) in [6.45, 7) is 5.76. The Bertz CT molecular complexity index is 503. The highest BCUT2D eigenvalue weighted by molar-refractivity contribution is 6.30. The van der Waals surface area contributed by atoms with E-state index in [9.17, 15) is 4.79 Å². The molecule has 1 aromatic rings. The summed E-state index contributed by atoms with van der Waals surface area (Å²) in [5, 5.41) is 4.59. The van der Waals surface area contributed by atoms with Gasteiger partial charge in [-0.3, -0.25) is 4.79 Å². The summed E-state index contributed by atoms with van der Waals surface area (Å²) in [6.07, 6.45) is 6.77. The third kappa shape index (κ3) is 6.94. The number of halogens is 1. The van der Waals surface area contributed by atoms with Gasteiger partial charge in [0.15, 0.2) is 6.10 Å². The van der Waals surface area contributed by atoms with Crippen LogP contribution in [0.25, 0.3) is 0 Å². The highest BCUT2D eigenvalue weighted by Crippen LogP contribution is 2.22. The van der Waals surface area contributed by atoms with Crippen molar-refractivity contribution in [2.75, 3.05) is 0 Å². The van der Waals surface area contributed by atoms with Crippen LogP contribution in [0.3, 0.4) is 0 Å². The number of nitrogens with zero attached hydrogens (tertiary/aromatic N) is 1. The molecule has 22 heavy (non-hydrogen) atoms. The molecule has 0 fully saturated rings. The second-order valence-electron chi connectivity index (χ2n) is 5.31. The van der Waals surface area contributed by atoms with Gasteiger partial charge in [0.2, 0.25) is 0 Å². The summed E-state index contributed by atoms with van der Waals surface area (Å²) in [6, 6.07) is 5.30. The van der Waals surface area contributed by atoms with Gasteiger partial charge in [-0.2, -0.15) is 5.10 Å². The number of hydrogen-bond donors (Lipinski definition) is 1. The number of carbonyl (C=O) groups excluding carboxylic acids is 1. The molecule has 0 radical (unpaired) electrons. The summed E-state index contributed by atoms with van der Waals surface area (Å²) >= 11 is 5.89. The molecule has 1 aromatic carbocycles. The van der Waals surface area contributed by atoms with Crippen molar-refractivity contribution in [3.05, 3.63) is 28.8 Å². The molecule has 0 spiro atoms. The van der Waals surface area contributed by atoms with E-state index in [0.29, 0.717) is 10.8 Å². The zero-order chi connectivity index (χ0) is 16.4. The lowest BCUT2D eigenvalue weighted by Gasteiger charge is -2.14. The molecule has 1 amide bonds. The minimum atomic E-state index is -0.614. The lowest BCUT2D eigenvalue weighted by atomic mass is 10.2. The Morgan fingerprint density at radius 2 is 2.18 bits per heavy atom. The third-order valence-electron chi connectivity index (χ3n) is 3.26. The number of unbranched alkanes of at least 4 members (excludes halogenated alkanes) is 4. The lowest BCUT2D eigenvalue weighted by molar-refractivity contribution is -0.127. The van der Waals surface area contributed by atoms with Crippen molar-refractivity contribution in [2.24, 2.45) is 5.10 Å². The molecule has 122 valence electrons. The Morgan fingerprint density at radius 1 is 1.41 bits per heavy atom. The van der Waals surface area contributed by atoms with Gasteiger partial charge in [0.1, 0.15) is 5.75 Å². The van der Waals surface area contributed by atoms with Gasteiger partial charge in [-0.25, -0.2) is 5.43 Å². The third-order valence-corrected chi connectivity index (χ3v) is 3.50. The first-order valence-corrected chi connectivity index (χ1v) is 8.16. The molecule has 1 atom stereocenters. The molecule has 5 heteroatoms. The average molecular weight is 325 g/mol. The van der Waals surface area contributed by atoms with Crippen LogP contribution in [0.15, 0.2) is 23.3 Å². The van der Waals surface area contributed by atoms with Crippen molar-refractivity contribution in [3.63, 3.8) is 0 Å². The summed E-state index contributed by atoms with van der Waals surface area (Å²) in [5.74, 6) is 0.384. The van der Waals surface area contributed by atoms with Crippen LogP contribution in [-0.4, -0.2) is 18.2 Å². The number of amides is 1. The average Bonchev–Trinajstić information content (AvgIpc) is 2.48. The van der Waals surface area contributed by atoms with Gasteiger partial charge < -0.3 is 4.74 Å². The maximum atomic E-state index is 11.9. The molecule has 0 aromatic heterocycles. The molecule has 0 aliphatic heterocycles. The normalized spacial score (nSPS) is 12.4. The fraction of sp³-hybridized carbons (Fsp3) is 0.529. The molecule has 0 bridgehead atoms. The van der Waals surface area contributed by atoms with Gasteiger partial charge in [0, 0.05) is 11.2 Å². The summed E-state index contributed by atoms with van der Waals surface area (Å²) in [4.78, 5) is 11.9. The standard InChI is InChI=1S/C17H25ClN2O2/c1-4-5-6-7-8-11-19-20-17(21)14(3)22-16-10-9-15(18)12-13(16)2/h9-12,14H,4-8H2,1-3H3,(H,20,21)/b19-11+. The predicted octanol–water partition coefficient (Wildman–Crippen LogP) is 4.49. The van der Waals surface area contributed by atoms with Crippen LogP contribution in [0, 0.1) is 6.92 Å². The van der Waals surface area contributed by atoms with Crippen LogP contribution >= 0.6 is 11.6 Å². The first kappa shape index (κ1) is 18.5. The topological polar surface area (TPSA) is 50.7 Å². The Labute approximate surface area is 137 Å². The number of rotatable bonds is 9. The smallest absolute Gasteiger partial charge is 0.280 e. The number of benzene rings is 1. The van der Waals surface area contributed by atoms with Crippen LogP contribution in [-0.2, 0) is 4.79 Å². The van der Waals surface area contributed by atoms with Gasteiger partial charge in [0.25, 0.3) is 5.91 Å². The van der Waals surface area contributed by atoms with Crippen molar-refractivity contribution in [2.45, 2.75) is 59.0 Å². The fourth-order valence-corrected chi connectivity index (χ4v) is 2.14. The lowest BCUT2D eigenvalue weighted by Crippen LogP contribution is -2.33. The van der Waals surface area contributed by atoms with E-state index in [1.165, 1.54) is 19.3 Å². The molecule has 1 unspecified atom stereocenters. The van der Waals surface area contributed by atoms with Crippen LogP contribution in [0.2, 0.25) is 5.02 Å². The van der Waals surface area contributed by atoms with E-state index >= 15 is 0 Å². The Kier molecular flexibility index (Phi) is 8.60. The van der Waals surface area contributed by atoms with Gasteiger partial charge in [-0.05, 0) is 50.5 Å². The molecular formula is C17H25ClN2O2. The van der Waals surface area contributed by atoms with Gasteiger partial charge in [-0.15, -0.1) is 0 Å². The van der Waals surface area contributed by atoms with E-state index in [2.05, 4.69) is 17.5 Å². The minimum Gasteiger partial charge on any atom is -0.481 e. The molecule has 0 heterocycles. The van der Waals surface area contributed by atoms with E-state index in [4.69, 9.17) is 16.3 Å². The van der Waals surface area contributed by atoms with Crippen molar-refractivity contribution in [1.82, 2.24) is 5.43 Å². The number of aryl methyl sites for hydroxylation is 1. The summed E-state index contributed by atoms with van der Waals surface area (Å²) < 4.78 is 5.63. The van der Waals surface area contributed by atoms with Gasteiger partial charge in [-0.1, -0.05) is 37.8 Å². The quantitative estimate of drug-likeness (QED) is 0.413. The van der Waals surface area contributed by atoms with Crippen LogP contribution in [0.5, 0.6) is 5.75 Å². The number of carbonyl (C=O) groups is 1. The fourth-order valence-electron chi connectivity index (χ4n) is 1.92. The van der Waals surface area contributed by atoms with Gasteiger partial charge in [0.05, 0.1) is 0 Å². The first-order chi connectivity index (χ1) is 10.5. The number of hydrogen-bond acceptors (Lipinski definition) is 3. The van der Waals surface area contributed by atoms with E-state index in [1.54, 1.807) is 31.3 Å². The second kappa shape index (κ2) is 10.2. The highest BCUT2D eigenvalue weighted by Gasteiger charge is 2.14. The highest BCUT2D eigenvalue weighted by atomic mass is 35.5. The molecule has 0 aliphatic carbocycles. The molecule has 0 saturated heterocycles. The largest absolute Gasteiger partial charge is 0.481 e. The van der Waals surface area contributed by atoms with Crippen molar-refractivity contribution >= 4 is 23.7 Å².